The van der Waals surface area contributed by atoms with Crippen molar-refractivity contribution in [2.75, 3.05) is 0 Å². The Kier molecular flexibility index (Phi) is 2.62. The van der Waals surface area contributed by atoms with Crippen LogP contribution in [0.1, 0.15) is 5.82 Å². The van der Waals surface area contributed by atoms with E-state index in [2.05, 4.69) is 10.1 Å². The molecule has 0 spiro atoms. The lowest BCUT2D eigenvalue weighted by Crippen LogP contribution is -2.04. The molecule has 5 heteroatoms. The van der Waals surface area contributed by atoms with Gasteiger partial charge in [0.25, 0.3) is 0 Å². The van der Waals surface area contributed by atoms with Crippen molar-refractivity contribution in [3.8, 4) is 5.75 Å². The third-order valence-corrected chi connectivity index (χ3v) is 1.99. The van der Waals surface area contributed by atoms with Gasteiger partial charge in [0, 0.05) is 7.05 Å². The zero-order valence-corrected chi connectivity index (χ0v) is 8.22. The van der Waals surface area contributed by atoms with Crippen LogP contribution in [0.2, 0.25) is 0 Å². The minimum Gasteiger partial charge on any atom is -0.486 e. The van der Waals surface area contributed by atoms with Gasteiger partial charge in [0.2, 0.25) is 0 Å². The number of aryl methyl sites for hydroxylation is 1. The first kappa shape index (κ1) is 9.64. The number of nitrogens with zero attached hydrogens (tertiary/aromatic N) is 3. The average Bonchev–Trinajstić information content (AvgIpc) is 2.63. The normalized spacial score (nSPS) is 10.3. The van der Waals surface area contributed by atoms with E-state index in [4.69, 9.17) is 4.74 Å². The van der Waals surface area contributed by atoms with E-state index in [1.165, 1.54) is 18.5 Å². The Morgan fingerprint density at radius 1 is 1.33 bits per heavy atom. The molecule has 0 aliphatic heterocycles. The average molecular weight is 207 g/mol. The summed E-state index contributed by atoms with van der Waals surface area (Å²) in [4.78, 5) is 4.00. The molecule has 0 amide bonds. The van der Waals surface area contributed by atoms with E-state index in [0.29, 0.717) is 12.4 Å². The van der Waals surface area contributed by atoms with Crippen LogP contribution < -0.4 is 4.74 Å². The number of rotatable bonds is 3. The highest BCUT2D eigenvalue weighted by molar-refractivity contribution is 5.22. The Hall–Kier alpha value is -1.91. The van der Waals surface area contributed by atoms with Gasteiger partial charge in [0.15, 0.2) is 5.82 Å². The SMILES string of the molecule is Cn1ncnc1COc1ccc(F)cc1. The maximum absolute atomic E-state index is 12.6. The molecule has 0 saturated heterocycles. The van der Waals surface area contributed by atoms with Crippen LogP contribution in [-0.2, 0) is 13.7 Å². The van der Waals surface area contributed by atoms with Crippen molar-refractivity contribution in [3.05, 3.63) is 42.2 Å². The van der Waals surface area contributed by atoms with Crippen LogP contribution in [0.4, 0.5) is 4.39 Å². The molecule has 1 heterocycles. The van der Waals surface area contributed by atoms with Crippen molar-refractivity contribution in [1.29, 1.82) is 0 Å². The number of ether oxygens (including phenoxy) is 1. The van der Waals surface area contributed by atoms with E-state index in [1.54, 1.807) is 23.9 Å². The highest BCUT2D eigenvalue weighted by Crippen LogP contribution is 2.12. The van der Waals surface area contributed by atoms with Crippen LogP contribution in [0.25, 0.3) is 0 Å². The summed E-state index contributed by atoms with van der Waals surface area (Å²) in [6.45, 7) is 0.322. The smallest absolute Gasteiger partial charge is 0.164 e. The van der Waals surface area contributed by atoms with Crippen LogP contribution >= 0.6 is 0 Å². The first-order valence-electron chi connectivity index (χ1n) is 4.47. The van der Waals surface area contributed by atoms with Gasteiger partial charge in [-0.15, -0.1) is 0 Å². The van der Waals surface area contributed by atoms with Gasteiger partial charge in [-0.25, -0.2) is 9.37 Å². The van der Waals surface area contributed by atoms with Gasteiger partial charge in [-0.05, 0) is 24.3 Å². The van der Waals surface area contributed by atoms with E-state index in [0.717, 1.165) is 5.82 Å². The van der Waals surface area contributed by atoms with Crippen molar-refractivity contribution in [2.24, 2.45) is 7.05 Å². The van der Waals surface area contributed by atoms with E-state index in [-0.39, 0.29) is 5.82 Å². The Labute approximate surface area is 86.3 Å². The lowest BCUT2D eigenvalue weighted by Gasteiger charge is -2.04. The third kappa shape index (κ3) is 2.31. The number of hydrogen-bond donors (Lipinski definition) is 0. The maximum Gasteiger partial charge on any atom is 0.164 e. The fraction of sp³-hybridized carbons (Fsp3) is 0.200. The van der Waals surface area contributed by atoms with Crippen molar-refractivity contribution in [3.63, 3.8) is 0 Å². The van der Waals surface area contributed by atoms with Crippen molar-refractivity contribution in [1.82, 2.24) is 14.8 Å². The maximum atomic E-state index is 12.6. The molecule has 15 heavy (non-hydrogen) atoms. The van der Waals surface area contributed by atoms with Crippen LogP contribution in [0.15, 0.2) is 30.6 Å². The molecule has 0 unspecified atom stereocenters. The summed E-state index contributed by atoms with van der Waals surface area (Å²) in [6, 6.07) is 5.86. The summed E-state index contributed by atoms with van der Waals surface area (Å²) in [6.07, 6.45) is 1.46. The lowest BCUT2D eigenvalue weighted by molar-refractivity contribution is 0.289. The minimum atomic E-state index is -0.277. The Balaban J connectivity index is 1.99. The van der Waals surface area contributed by atoms with Crippen LogP contribution in [0.3, 0.4) is 0 Å². The van der Waals surface area contributed by atoms with Crippen LogP contribution in [0, 0.1) is 5.82 Å². The van der Waals surface area contributed by atoms with Gasteiger partial charge in [0.1, 0.15) is 24.5 Å². The predicted molar refractivity (Wildman–Crippen MR) is 51.7 cm³/mol. The topological polar surface area (TPSA) is 39.9 Å². The van der Waals surface area contributed by atoms with Crippen LogP contribution in [-0.4, -0.2) is 14.8 Å². The van der Waals surface area contributed by atoms with E-state index in [1.807, 2.05) is 0 Å². The van der Waals surface area contributed by atoms with E-state index in [9.17, 15) is 4.39 Å². The highest BCUT2D eigenvalue weighted by Gasteiger charge is 2.01. The molecule has 0 aliphatic carbocycles. The summed E-state index contributed by atoms with van der Waals surface area (Å²) >= 11 is 0. The summed E-state index contributed by atoms with van der Waals surface area (Å²) in [5, 5.41) is 3.91. The largest absolute Gasteiger partial charge is 0.486 e. The molecule has 78 valence electrons. The summed E-state index contributed by atoms with van der Waals surface area (Å²) in [5.41, 5.74) is 0. The van der Waals surface area contributed by atoms with Gasteiger partial charge in [-0.3, -0.25) is 4.68 Å². The Morgan fingerprint density at radius 2 is 2.07 bits per heavy atom. The Morgan fingerprint density at radius 3 is 2.67 bits per heavy atom. The zero-order valence-electron chi connectivity index (χ0n) is 8.22. The molecule has 2 aromatic rings. The monoisotopic (exact) mass is 207 g/mol. The molecule has 0 aliphatic rings. The molecule has 2 rings (SSSR count). The molecule has 0 radical (unpaired) electrons. The molecular weight excluding hydrogens is 197 g/mol. The van der Waals surface area contributed by atoms with Crippen molar-refractivity contribution in [2.45, 2.75) is 6.61 Å². The third-order valence-electron chi connectivity index (χ3n) is 1.99. The molecule has 1 aromatic carbocycles. The standard InChI is InChI=1S/C10H10FN3O/c1-14-10(12-7-13-14)6-15-9-4-2-8(11)3-5-9/h2-5,7H,6H2,1H3. The van der Waals surface area contributed by atoms with E-state index < -0.39 is 0 Å². The molecule has 0 atom stereocenters. The highest BCUT2D eigenvalue weighted by atomic mass is 19.1. The molecule has 0 bridgehead atoms. The molecule has 4 nitrogen and oxygen atoms in total. The molecular formula is C10H10FN3O. The first-order valence-corrected chi connectivity index (χ1v) is 4.47. The van der Waals surface area contributed by atoms with E-state index >= 15 is 0 Å². The molecule has 1 aromatic heterocycles. The second-order valence-electron chi connectivity index (χ2n) is 3.04. The number of hydrogen-bond acceptors (Lipinski definition) is 3. The quantitative estimate of drug-likeness (QED) is 0.766. The first-order chi connectivity index (χ1) is 7.25. The molecule has 0 fully saturated rings. The fourth-order valence-corrected chi connectivity index (χ4v) is 1.13. The molecule has 0 saturated carbocycles. The van der Waals surface area contributed by atoms with Crippen LogP contribution in [0.5, 0.6) is 5.75 Å². The van der Waals surface area contributed by atoms with Gasteiger partial charge < -0.3 is 4.74 Å². The second kappa shape index (κ2) is 4.08. The number of aromatic nitrogens is 3. The zero-order chi connectivity index (χ0) is 10.7. The number of halogens is 1. The van der Waals surface area contributed by atoms with Gasteiger partial charge in [-0.2, -0.15) is 5.10 Å². The Bertz CT molecular complexity index is 438. The summed E-state index contributed by atoms with van der Waals surface area (Å²) in [7, 11) is 1.79. The minimum absolute atomic E-state index is 0.277. The van der Waals surface area contributed by atoms with Gasteiger partial charge >= 0.3 is 0 Å². The van der Waals surface area contributed by atoms with Crippen molar-refractivity contribution >= 4 is 0 Å². The fourth-order valence-electron chi connectivity index (χ4n) is 1.13. The van der Waals surface area contributed by atoms with Crippen molar-refractivity contribution < 1.29 is 9.13 Å². The summed E-state index contributed by atoms with van der Waals surface area (Å²) in [5.74, 6) is 1.06. The lowest BCUT2D eigenvalue weighted by atomic mass is 10.3. The molecule has 0 N–H and O–H groups in total. The summed E-state index contributed by atoms with van der Waals surface area (Å²) < 4.78 is 19.6. The van der Waals surface area contributed by atoms with Gasteiger partial charge in [-0.1, -0.05) is 0 Å². The number of benzene rings is 1. The van der Waals surface area contributed by atoms with Gasteiger partial charge in [0.05, 0.1) is 0 Å². The predicted octanol–water partition coefficient (Wildman–Crippen LogP) is 1.53. The second-order valence-corrected chi connectivity index (χ2v) is 3.04.